The fraction of sp³-hybridized carbons (Fsp3) is 0.300. The molecule has 1 heterocycles. The van der Waals surface area contributed by atoms with Crippen molar-refractivity contribution in [1.29, 1.82) is 0 Å². The molecule has 0 saturated heterocycles. The van der Waals surface area contributed by atoms with Crippen molar-refractivity contribution in [1.82, 2.24) is 9.97 Å². The van der Waals surface area contributed by atoms with Crippen LogP contribution in [-0.4, -0.2) is 16.0 Å². The van der Waals surface area contributed by atoms with Crippen LogP contribution in [0.15, 0.2) is 40.9 Å². The fourth-order valence-electron chi connectivity index (χ4n) is 3.21. The average molecular weight is 450 g/mol. The lowest BCUT2D eigenvalue weighted by molar-refractivity contribution is 0.615. The Bertz CT molecular complexity index is 993. The van der Waals surface area contributed by atoms with Crippen LogP contribution in [0.1, 0.15) is 26.2 Å². The van der Waals surface area contributed by atoms with E-state index in [2.05, 4.69) is 38.5 Å². The Morgan fingerprint density at radius 3 is 2.78 bits per heavy atom. The number of halogens is 3. The minimum atomic E-state index is -0.457. The molecule has 2 N–H and O–H groups in total. The predicted molar refractivity (Wildman–Crippen MR) is 112 cm³/mol. The van der Waals surface area contributed by atoms with Gasteiger partial charge in [0.05, 0.1) is 10.5 Å². The zero-order valence-corrected chi connectivity index (χ0v) is 17.1. The van der Waals surface area contributed by atoms with E-state index in [1.165, 1.54) is 25.0 Å². The molecule has 1 aliphatic carbocycles. The third-order valence-corrected chi connectivity index (χ3v) is 5.74. The largest absolute Gasteiger partial charge is 0.366 e. The Kier molecular flexibility index (Phi) is 5.19. The van der Waals surface area contributed by atoms with Gasteiger partial charge in [0, 0.05) is 21.6 Å². The Morgan fingerprint density at radius 2 is 2.07 bits per heavy atom. The molecule has 7 heteroatoms. The zero-order chi connectivity index (χ0) is 19.0. The lowest BCUT2D eigenvalue weighted by Crippen LogP contribution is -2.22. The Morgan fingerprint density at radius 1 is 1.26 bits per heavy atom. The molecule has 0 bridgehead atoms. The van der Waals surface area contributed by atoms with Gasteiger partial charge in [-0.05, 0) is 71.4 Å². The van der Waals surface area contributed by atoms with Crippen molar-refractivity contribution < 1.29 is 4.39 Å². The molecule has 0 spiro atoms. The van der Waals surface area contributed by atoms with Crippen LogP contribution in [0, 0.1) is 11.7 Å². The van der Waals surface area contributed by atoms with Gasteiger partial charge in [-0.25, -0.2) is 9.37 Å². The molecule has 0 unspecified atom stereocenters. The van der Waals surface area contributed by atoms with E-state index in [0.717, 1.165) is 27.6 Å². The molecule has 1 saturated carbocycles. The zero-order valence-electron chi connectivity index (χ0n) is 14.8. The Hall–Kier alpha value is -1.92. The summed E-state index contributed by atoms with van der Waals surface area (Å²) in [5.74, 6) is 1.49. The fourth-order valence-corrected chi connectivity index (χ4v) is 3.85. The van der Waals surface area contributed by atoms with Gasteiger partial charge in [0.25, 0.3) is 0 Å². The number of nitrogens with one attached hydrogen (secondary N) is 2. The summed E-state index contributed by atoms with van der Waals surface area (Å²) in [5, 5.41) is 7.76. The minimum Gasteiger partial charge on any atom is -0.366 e. The molecule has 1 aliphatic rings. The van der Waals surface area contributed by atoms with E-state index in [1.54, 1.807) is 6.07 Å². The minimum absolute atomic E-state index is 0.0556. The van der Waals surface area contributed by atoms with Crippen LogP contribution < -0.4 is 10.6 Å². The van der Waals surface area contributed by atoms with Gasteiger partial charge in [0.2, 0.25) is 5.95 Å². The second kappa shape index (κ2) is 7.60. The molecule has 1 aromatic heterocycles. The van der Waals surface area contributed by atoms with Gasteiger partial charge >= 0.3 is 0 Å². The van der Waals surface area contributed by atoms with E-state index in [1.807, 2.05) is 18.2 Å². The summed E-state index contributed by atoms with van der Waals surface area (Å²) in [7, 11) is 0. The number of benzene rings is 2. The quantitative estimate of drug-likeness (QED) is 0.449. The second-order valence-electron chi connectivity index (χ2n) is 6.78. The third kappa shape index (κ3) is 4.01. The summed E-state index contributed by atoms with van der Waals surface area (Å²) in [6.45, 7) is 2.19. The Labute approximate surface area is 170 Å². The SMILES string of the molecule is CC[C@@H](Nc1nc(Nc2ccc(F)c(Cl)c2)nc2c(Br)cccc12)C1CC1. The van der Waals surface area contributed by atoms with Gasteiger partial charge in [-0.3, -0.25) is 0 Å². The van der Waals surface area contributed by atoms with Crippen LogP contribution in [0.25, 0.3) is 10.9 Å². The van der Waals surface area contributed by atoms with E-state index in [9.17, 15) is 4.39 Å². The van der Waals surface area contributed by atoms with E-state index >= 15 is 0 Å². The molecule has 0 aliphatic heterocycles. The first-order chi connectivity index (χ1) is 13.0. The van der Waals surface area contributed by atoms with Crippen molar-refractivity contribution in [3.8, 4) is 0 Å². The van der Waals surface area contributed by atoms with Gasteiger partial charge in [-0.15, -0.1) is 0 Å². The third-order valence-electron chi connectivity index (χ3n) is 4.81. The van der Waals surface area contributed by atoms with Gasteiger partial charge < -0.3 is 10.6 Å². The number of hydrogen-bond donors (Lipinski definition) is 2. The highest BCUT2D eigenvalue weighted by molar-refractivity contribution is 9.10. The first-order valence-electron chi connectivity index (χ1n) is 9.00. The van der Waals surface area contributed by atoms with Gasteiger partial charge in [-0.2, -0.15) is 4.98 Å². The summed E-state index contributed by atoms with van der Waals surface area (Å²) in [5.41, 5.74) is 1.45. The topological polar surface area (TPSA) is 49.8 Å². The monoisotopic (exact) mass is 448 g/mol. The number of para-hydroxylation sites is 1. The summed E-state index contributed by atoms with van der Waals surface area (Å²) in [6, 6.07) is 10.8. The van der Waals surface area contributed by atoms with Gasteiger partial charge in [0.15, 0.2) is 0 Å². The highest BCUT2D eigenvalue weighted by atomic mass is 79.9. The first-order valence-corrected chi connectivity index (χ1v) is 10.2. The summed E-state index contributed by atoms with van der Waals surface area (Å²) < 4.78 is 14.3. The molecule has 2 aromatic carbocycles. The van der Waals surface area contributed by atoms with Crippen molar-refractivity contribution in [3.05, 3.63) is 51.7 Å². The molecular weight excluding hydrogens is 431 g/mol. The van der Waals surface area contributed by atoms with Gasteiger partial charge in [0.1, 0.15) is 11.6 Å². The number of nitrogens with zero attached hydrogens (tertiary/aromatic N) is 2. The number of aromatic nitrogens is 2. The van der Waals surface area contributed by atoms with E-state index in [0.29, 0.717) is 23.6 Å². The van der Waals surface area contributed by atoms with Gasteiger partial charge in [-0.1, -0.05) is 24.6 Å². The van der Waals surface area contributed by atoms with Crippen molar-refractivity contribution in [2.24, 2.45) is 5.92 Å². The molecule has 0 radical (unpaired) electrons. The number of fused-ring (bicyclic) bond motifs is 1. The van der Waals surface area contributed by atoms with Crippen LogP contribution in [0.3, 0.4) is 0 Å². The van der Waals surface area contributed by atoms with Crippen LogP contribution >= 0.6 is 27.5 Å². The van der Waals surface area contributed by atoms with Crippen molar-refractivity contribution in [2.75, 3.05) is 10.6 Å². The van der Waals surface area contributed by atoms with Crippen LogP contribution in [0.2, 0.25) is 5.02 Å². The normalized spacial score (nSPS) is 15.0. The summed E-state index contributed by atoms with van der Waals surface area (Å²) >= 11 is 9.47. The van der Waals surface area contributed by atoms with Crippen molar-refractivity contribution in [3.63, 3.8) is 0 Å². The number of hydrogen-bond acceptors (Lipinski definition) is 4. The highest BCUT2D eigenvalue weighted by Crippen LogP contribution is 2.37. The molecule has 1 atom stereocenters. The molecule has 4 rings (SSSR count). The standard InChI is InChI=1S/C20H19BrClFN4/c1-2-17(11-6-7-11)25-19-13-4-3-5-14(21)18(13)26-20(27-19)24-12-8-9-16(23)15(22)10-12/h3-5,8-11,17H,2,6-7H2,1H3,(H2,24,25,26,27)/t17-/m1/s1. The number of anilines is 3. The molecule has 3 aromatic rings. The molecule has 1 fully saturated rings. The summed E-state index contributed by atoms with van der Waals surface area (Å²) in [4.78, 5) is 9.33. The Balaban J connectivity index is 1.74. The second-order valence-corrected chi connectivity index (χ2v) is 8.04. The number of rotatable bonds is 6. The van der Waals surface area contributed by atoms with E-state index in [-0.39, 0.29) is 5.02 Å². The summed E-state index contributed by atoms with van der Waals surface area (Å²) in [6.07, 6.45) is 3.56. The smallest absolute Gasteiger partial charge is 0.229 e. The predicted octanol–water partition coefficient (Wildman–Crippen LogP) is 6.53. The maximum absolute atomic E-state index is 13.4. The first kappa shape index (κ1) is 18.4. The molecular formula is C20H19BrClFN4. The van der Waals surface area contributed by atoms with Crippen molar-refractivity contribution in [2.45, 2.75) is 32.2 Å². The molecule has 4 nitrogen and oxygen atoms in total. The van der Waals surface area contributed by atoms with Crippen LogP contribution in [0.5, 0.6) is 0 Å². The molecule has 140 valence electrons. The van der Waals surface area contributed by atoms with Crippen molar-refractivity contribution >= 4 is 55.9 Å². The highest BCUT2D eigenvalue weighted by Gasteiger charge is 2.30. The molecule has 27 heavy (non-hydrogen) atoms. The van der Waals surface area contributed by atoms with Crippen LogP contribution in [-0.2, 0) is 0 Å². The van der Waals surface area contributed by atoms with Crippen LogP contribution in [0.4, 0.5) is 21.8 Å². The van der Waals surface area contributed by atoms with E-state index < -0.39 is 5.82 Å². The lowest BCUT2D eigenvalue weighted by atomic mass is 10.1. The molecule has 0 amide bonds. The van der Waals surface area contributed by atoms with E-state index in [4.69, 9.17) is 16.6 Å². The maximum Gasteiger partial charge on any atom is 0.229 e. The lowest BCUT2D eigenvalue weighted by Gasteiger charge is -2.19. The maximum atomic E-state index is 13.4. The average Bonchev–Trinajstić information content (AvgIpc) is 3.48.